The van der Waals surface area contributed by atoms with Crippen LogP contribution in [-0.2, 0) is 4.57 Å². The van der Waals surface area contributed by atoms with Crippen molar-refractivity contribution in [1.82, 2.24) is 0 Å². The van der Waals surface area contributed by atoms with Crippen molar-refractivity contribution in [1.29, 1.82) is 0 Å². The Kier molecular flexibility index (Phi) is 4.92. The zero-order valence-corrected chi connectivity index (χ0v) is 18.1. The van der Waals surface area contributed by atoms with E-state index < -0.39 is 7.67 Å². The number of benzene rings is 3. The SMILES string of the molecule is Cc1cccc(N2[C@@H]3CCCC[C@H]3N(c3cccc(-c4ccccc4)c3)P2(=O)O)c1. The van der Waals surface area contributed by atoms with Crippen LogP contribution in [-0.4, -0.2) is 17.0 Å². The quantitative estimate of drug-likeness (QED) is 0.500. The second-order valence-corrected chi connectivity index (χ2v) is 10.3. The predicted molar refractivity (Wildman–Crippen MR) is 124 cm³/mol. The molecule has 1 aliphatic carbocycles. The summed E-state index contributed by atoms with van der Waals surface area (Å²) in [4.78, 5) is 11.5. The van der Waals surface area contributed by atoms with Crippen LogP contribution in [0.25, 0.3) is 11.1 Å². The van der Waals surface area contributed by atoms with Gasteiger partial charge >= 0.3 is 7.67 Å². The van der Waals surface area contributed by atoms with Gasteiger partial charge < -0.3 is 4.89 Å². The first-order chi connectivity index (χ1) is 14.6. The lowest BCUT2D eigenvalue weighted by molar-refractivity contribution is 0.409. The van der Waals surface area contributed by atoms with Crippen molar-refractivity contribution in [2.24, 2.45) is 0 Å². The van der Waals surface area contributed by atoms with E-state index in [2.05, 4.69) is 24.3 Å². The van der Waals surface area contributed by atoms with Crippen molar-refractivity contribution in [3.8, 4) is 11.1 Å². The van der Waals surface area contributed by atoms with Crippen LogP contribution < -0.4 is 9.34 Å². The minimum atomic E-state index is -3.78. The first-order valence-electron chi connectivity index (χ1n) is 10.7. The molecule has 30 heavy (non-hydrogen) atoms. The predicted octanol–water partition coefficient (Wildman–Crippen LogP) is 6.40. The Morgan fingerprint density at radius 3 is 1.97 bits per heavy atom. The second kappa shape index (κ2) is 7.61. The normalized spacial score (nSPS) is 25.9. The third-order valence-corrected chi connectivity index (χ3v) is 8.55. The molecule has 5 rings (SSSR count). The molecule has 3 atom stereocenters. The molecule has 0 radical (unpaired) electrons. The fourth-order valence-corrected chi connectivity index (χ4v) is 7.44. The summed E-state index contributed by atoms with van der Waals surface area (Å²) in [6.45, 7) is 2.03. The first-order valence-corrected chi connectivity index (χ1v) is 12.3. The van der Waals surface area contributed by atoms with E-state index in [1.54, 1.807) is 0 Å². The summed E-state index contributed by atoms with van der Waals surface area (Å²) in [6.07, 6.45) is 4.07. The van der Waals surface area contributed by atoms with E-state index in [0.717, 1.165) is 53.7 Å². The largest absolute Gasteiger partial charge is 0.395 e. The zero-order valence-electron chi connectivity index (χ0n) is 17.2. The lowest BCUT2D eigenvalue weighted by Crippen LogP contribution is -2.40. The number of hydrogen-bond acceptors (Lipinski definition) is 1. The molecular formula is C25H27N2O2P. The smallest absolute Gasteiger partial charge is 0.313 e. The van der Waals surface area contributed by atoms with Crippen molar-refractivity contribution >= 4 is 19.0 Å². The van der Waals surface area contributed by atoms with E-state index in [9.17, 15) is 9.46 Å². The summed E-state index contributed by atoms with van der Waals surface area (Å²) in [5, 5.41) is 0. The molecule has 154 valence electrons. The number of rotatable bonds is 3. The van der Waals surface area contributed by atoms with Crippen LogP contribution in [0.3, 0.4) is 0 Å². The maximum absolute atomic E-state index is 14.0. The fraction of sp³-hybridized carbons (Fsp3) is 0.280. The van der Waals surface area contributed by atoms with E-state index in [0.29, 0.717) is 0 Å². The fourth-order valence-electron chi connectivity index (χ4n) is 5.07. The first kappa shape index (κ1) is 19.4. The molecule has 5 heteroatoms. The van der Waals surface area contributed by atoms with Gasteiger partial charge in [0, 0.05) is 11.4 Å². The standard InChI is InChI=1S/C25H27N2O2P/c1-19-9-7-13-22(17-19)26-24-15-5-6-16-25(24)27(30(26,28)29)23-14-8-12-21(18-23)20-10-3-2-4-11-20/h2-4,7-14,17-18,24-25H,5-6,15-16H2,1H3,(H,28,29)/t24-,25-/m1/s1. The molecule has 3 aromatic rings. The molecule has 1 heterocycles. The molecule has 1 saturated carbocycles. The summed E-state index contributed by atoms with van der Waals surface area (Å²) in [6, 6.07) is 26.4. The van der Waals surface area contributed by atoms with Crippen molar-refractivity contribution in [3.63, 3.8) is 0 Å². The van der Waals surface area contributed by atoms with Gasteiger partial charge in [-0.25, -0.2) is 4.57 Å². The van der Waals surface area contributed by atoms with Crippen molar-refractivity contribution in [2.45, 2.75) is 44.7 Å². The monoisotopic (exact) mass is 418 g/mol. The average Bonchev–Trinajstić information content (AvgIpc) is 3.00. The molecule has 1 aliphatic heterocycles. The van der Waals surface area contributed by atoms with Gasteiger partial charge in [0.2, 0.25) is 0 Å². The Bertz CT molecular complexity index is 1100. The maximum Gasteiger partial charge on any atom is 0.395 e. The Morgan fingerprint density at radius 2 is 1.33 bits per heavy atom. The second-order valence-electron chi connectivity index (χ2n) is 8.38. The molecule has 0 aromatic heterocycles. The Hall–Kier alpha value is -2.55. The number of aryl methyl sites for hydroxylation is 1. The van der Waals surface area contributed by atoms with E-state index in [4.69, 9.17) is 0 Å². The molecule has 1 unspecified atom stereocenters. The van der Waals surface area contributed by atoms with Crippen LogP contribution in [0.1, 0.15) is 31.2 Å². The van der Waals surface area contributed by atoms with Gasteiger partial charge in [0.1, 0.15) is 0 Å². The topological polar surface area (TPSA) is 43.8 Å². The summed E-state index contributed by atoms with van der Waals surface area (Å²) < 4.78 is 17.7. The average molecular weight is 418 g/mol. The van der Waals surface area contributed by atoms with Crippen LogP contribution in [0.4, 0.5) is 11.4 Å². The highest BCUT2D eigenvalue weighted by Crippen LogP contribution is 2.63. The molecule has 4 nitrogen and oxygen atoms in total. The van der Waals surface area contributed by atoms with Gasteiger partial charge in [-0.05, 0) is 60.7 Å². The van der Waals surface area contributed by atoms with Gasteiger partial charge in [-0.2, -0.15) is 0 Å². The summed E-state index contributed by atoms with van der Waals surface area (Å²) in [5.74, 6) is 0. The van der Waals surface area contributed by atoms with Crippen molar-refractivity contribution < 1.29 is 9.46 Å². The van der Waals surface area contributed by atoms with E-state index >= 15 is 0 Å². The molecule has 1 N–H and O–H groups in total. The van der Waals surface area contributed by atoms with Gasteiger partial charge in [-0.15, -0.1) is 0 Å². The van der Waals surface area contributed by atoms with Crippen LogP contribution in [0, 0.1) is 6.92 Å². The number of anilines is 2. The molecule has 0 spiro atoms. The molecule has 0 bridgehead atoms. The maximum atomic E-state index is 14.0. The highest BCUT2D eigenvalue weighted by atomic mass is 31.2. The number of hydrogen-bond donors (Lipinski definition) is 1. The van der Waals surface area contributed by atoms with Crippen LogP contribution in [0.2, 0.25) is 0 Å². The lowest BCUT2D eigenvalue weighted by Gasteiger charge is -2.31. The highest BCUT2D eigenvalue weighted by Gasteiger charge is 2.55. The summed E-state index contributed by atoms with van der Waals surface area (Å²) in [5.41, 5.74) is 4.95. The third kappa shape index (κ3) is 3.25. The van der Waals surface area contributed by atoms with Crippen molar-refractivity contribution in [3.05, 3.63) is 84.4 Å². The Balaban J connectivity index is 1.61. The van der Waals surface area contributed by atoms with Gasteiger partial charge in [0.15, 0.2) is 0 Å². The van der Waals surface area contributed by atoms with E-state index in [1.165, 1.54) is 0 Å². The van der Waals surface area contributed by atoms with Gasteiger partial charge in [-0.1, -0.05) is 67.4 Å². The summed E-state index contributed by atoms with van der Waals surface area (Å²) >= 11 is 0. The Morgan fingerprint density at radius 1 is 0.767 bits per heavy atom. The molecule has 1 saturated heterocycles. The van der Waals surface area contributed by atoms with Crippen LogP contribution in [0.5, 0.6) is 0 Å². The lowest BCUT2D eigenvalue weighted by atomic mass is 9.89. The molecule has 2 fully saturated rings. The molecular weight excluding hydrogens is 391 g/mol. The zero-order chi connectivity index (χ0) is 20.7. The van der Waals surface area contributed by atoms with E-state index in [-0.39, 0.29) is 12.1 Å². The Labute approximate surface area is 178 Å². The van der Waals surface area contributed by atoms with Gasteiger partial charge in [0.05, 0.1) is 12.1 Å². The minimum absolute atomic E-state index is 0.0427. The van der Waals surface area contributed by atoms with Crippen LogP contribution in [0.15, 0.2) is 78.9 Å². The molecule has 2 aliphatic rings. The number of fused-ring (bicyclic) bond motifs is 1. The van der Waals surface area contributed by atoms with Crippen molar-refractivity contribution in [2.75, 3.05) is 9.34 Å². The molecule has 0 amide bonds. The van der Waals surface area contributed by atoms with Gasteiger partial charge in [0.25, 0.3) is 0 Å². The third-order valence-electron chi connectivity index (χ3n) is 6.37. The highest BCUT2D eigenvalue weighted by molar-refractivity contribution is 7.62. The minimum Gasteiger partial charge on any atom is -0.313 e. The van der Waals surface area contributed by atoms with Gasteiger partial charge in [-0.3, -0.25) is 9.34 Å². The van der Waals surface area contributed by atoms with E-state index in [1.807, 2.05) is 70.9 Å². The van der Waals surface area contributed by atoms with Crippen LogP contribution >= 0.6 is 7.67 Å². The molecule has 3 aromatic carbocycles. The number of nitrogens with zero attached hydrogens (tertiary/aromatic N) is 2. The summed E-state index contributed by atoms with van der Waals surface area (Å²) in [7, 11) is -3.78.